The van der Waals surface area contributed by atoms with Crippen molar-refractivity contribution in [1.82, 2.24) is 10.2 Å². The zero-order valence-electron chi connectivity index (χ0n) is 11.3. The molecule has 0 aromatic heterocycles. The van der Waals surface area contributed by atoms with E-state index in [1.807, 2.05) is 0 Å². The number of aliphatic carboxylic acids is 1. The van der Waals surface area contributed by atoms with Crippen LogP contribution in [0.3, 0.4) is 0 Å². The summed E-state index contributed by atoms with van der Waals surface area (Å²) in [6.07, 6.45) is -0.613. The number of carboxylic acid groups (broad SMARTS) is 1. The third-order valence-corrected chi connectivity index (χ3v) is 3.22. The Kier molecular flexibility index (Phi) is 4.88. The van der Waals surface area contributed by atoms with Gasteiger partial charge >= 0.3 is 5.97 Å². The number of hydrogen-bond donors (Lipinski definition) is 3. The van der Waals surface area contributed by atoms with Crippen LogP contribution in [0.1, 0.15) is 27.2 Å². The Labute approximate surface area is 111 Å². The summed E-state index contributed by atoms with van der Waals surface area (Å²) in [7, 11) is 0. The molecular formula is C12H20N2O5. The van der Waals surface area contributed by atoms with Crippen LogP contribution in [0.5, 0.6) is 0 Å². The first-order chi connectivity index (χ1) is 8.73. The Balaban J connectivity index is 2.76. The highest BCUT2D eigenvalue weighted by molar-refractivity contribution is 5.90. The van der Waals surface area contributed by atoms with Crippen molar-refractivity contribution in [2.24, 2.45) is 5.92 Å². The van der Waals surface area contributed by atoms with Crippen LogP contribution in [0.15, 0.2) is 0 Å². The van der Waals surface area contributed by atoms with Gasteiger partial charge in [-0.05, 0) is 5.92 Å². The fourth-order valence-corrected chi connectivity index (χ4v) is 2.17. The van der Waals surface area contributed by atoms with Gasteiger partial charge in [-0.15, -0.1) is 0 Å². The number of nitrogens with zero attached hydrogens (tertiary/aromatic N) is 1. The van der Waals surface area contributed by atoms with Crippen molar-refractivity contribution in [1.29, 1.82) is 0 Å². The van der Waals surface area contributed by atoms with Crippen LogP contribution in [-0.2, 0) is 14.4 Å². The molecule has 1 rings (SSSR count). The molecule has 7 nitrogen and oxygen atoms in total. The van der Waals surface area contributed by atoms with Crippen LogP contribution in [0, 0.1) is 5.92 Å². The second-order valence-electron chi connectivity index (χ2n) is 5.15. The normalized spacial score (nSPS) is 24.4. The number of nitrogens with one attached hydrogen (secondary N) is 1. The van der Waals surface area contributed by atoms with Gasteiger partial charge in [-0.25, -0.2) is 4.79 Å². The first-order valence-electron chi connectivity index (χ1n) is 6.22. The average molecular weight is 272 g/mol. The van der Waals surface area contributed by atoms with Gasteiger partial charge < -0.3 is 20.4 Å². The summed E-state index contributed by atoms with van der Waals surface area (Å²) in [5.41, 5.74) is 0. The van der Waals surface area contributed by atoms with Gasteiger partial charge in [-0.1, -0.05) is 13.8 Å². The predicted molar refractivity (Wildman–Crippen MR) is 66.2 cm³/mol. The lowest BCUT2D eigenvalue weighted by atomic mass is 10.0. The van der Waals surface area contributed by atoms with Crippen LogP contribution in [0.4, 0.5) is 0 Å². The molecule has 1 saturated heterocycles. The van der Waals surface area contributed by atoms with E-state index in [0.29, 0.717) is 0 Å². The SMILES string of the molecule is CC(=O)N1C[C@H](O)C[C@H]1C(=O)N[C@@H](C(=O)O)C(C)C. The highest BCUT2D eigenvalue weighted by atomic mass is 16.4. The number of aliphatic hydroxyl groups excluding tert-OH is 1. The van der Waals surface area contributed by atoms with Crippen LogP contribution >= 0.6 is 0 Å². The number of rotatable bonds is 4. The number of hydrogen-bond acceptors (Lipinski definition) is 4. The molecule has 1 aliphatic heterocycles. The molecule has 0 aromatic carbocycles. The van der Waals surface area contributed by atoms with Gasteiger partial charge in [-0.3, -0.25) is 9.59 Å². The lowest BCUT2D eigenvalue weighted by Gasteiger charge is -2.25. The molecule has 2 amide bonds. The Bertz CT molecular complexity index is 382. The third kappa shape index (κ3) is 3.66. The van der Waals surface area contributed by atoms with E-state index >= 15 is 0 Å². The number of carboxylic acids is 1. The number of carbonyl (C=O) groups is 3. The predicted octanol–water partition coefficient (Wildman–Crippen LogP) is -0.806. The van der Waals surface area contributed by atoms with Gasteiger partial charge in [0.05, 0.1) is 6.10 Å². The van der Waals surface area contributed by atoms with Crippen LogP contribution in [0.2, 0.25) is 0 Å². The topological polar surface area (TPSA) is 107 Å². The zero-order chi connectivity index (χ0) is 14.7. The third-order valence-electron chi connectivity index (χ3n) is 3.22. The fourth-order valence-electron chi connectivity index (χ4n) is 2.17. The van der Waals surface area contributed by atoms with E-state index in [1.54, 1.807) is 13.8 Å². The molecule has 108 valence electrons. The fraction of sp³-hybridized carbons (Fsp3) is 0.750. The highest BCUT2D eigenvalue weighted by Gasteiger charge is 2.39. The first kappa shape index (κ1) is 15.4. The molecule has 0 unspecified atom stereocenters. The first-order valence-corrected chi connectivity index (χ1v) is 6.22. The summed E-state index contributed by atoms with van der Waals surface area (Å²) < 4.78 is 0. The molecule has 0 radical (unpaired) electrons. The van der Waals surface area contributed by atoms with Crippen LogP contribution < -0.4 is 5.32 Å². The standard InChI is InChI=1S/C12H20N2O5/c1-6(2)10(12(18)19)13-11(17)9-4-8(16)5-14(9)7(3)15/h6,8-10,16H,4-5H2,1-3H3,(H,13,17)(H,18,19)/t8-,9+,10-/m1/s1. The summed E-state index contributed by atoms with van der Waals surface area (Å²) in [5.74, 6) is -2.23. The molecule has 0 bridgehead atoms. The Morgan fingerprint density at radius 3 is 2.32 bits per heavy atom. The van der Waals surface area contributed by atoms with Gasteiger partial charge in [0.2, 0.25) is 11.8 Å². The summed E-state index contributed by atoms with van der Waals surface area (Å²) >= 11 is 0. The van der Waals surface area contributed by atoms with Crippen LogP contribution in [0.25, 0.3) is 0 Å². The van der Waals surface area contributed by atoms with E-state index in [2.05, 4.69) is 5.32 Å². The van der Waals surface area contributed by atoms with Crippen molar-refractivity contribution < 1.29 is 24.6 Å². The summed E-state index contributed by atoms with van der Waals surface area (Å²) in [6.45, 7) is 4.79. The molecule has 1 heterocycles. The Morgan fingerprint density at radius 2 is 1.89 bits per heavy atom. The zero-order valence-corrected chi connectivity index (χ0v) is 11.3. The quantitative estimate of drug-likeness (QED) is 0.620. The number of β-amino-alcohol motifs (C(OH)–C–C–N with tert-alkyl or cyclic N) is 1. The molecule has 1 aliphatic rings. The minimum atomic E-state index is -1.11. The monoisotopic (exact) mass is 272 g/mol. The number of aliphatic hydroxyl groups is 1. The second kappa shape index (κ2) is 6.01. The molecule has 19 heavy (non-hydrogen) atoms. The van der Waals surface area contributed by atoms with E-state index in [1.165, 1.54) is 11.8 Å². The van der Waals surface area contributed by atoms with E-state index in [4.69, 9.17) is 5.11 Å². The summed E-state index contributed by atoms with van der Waals surface area (Å²) in [5, 5.41) is 21.0. The van der Waals surface area contributed by atoms with Gasteiger partial charge in [0.15, 0.2) is 0 Å². The van der Waals surface area contributed by atoms with Gasteiger partial charge in [-0.2, -0.15) is 0 Å². The maximum absolute atomic E-state index is 12.0. The summed E-state index contributed by atoms with van der Waals surface area (Å²) in [6, 6.07) is -1.80. The lowest BCUT2D eigenvalue weighted by molar-refractivity contribution is -0.144. The number of amides is 2. The van der Waals surface area contributed by atoms with Crippen molar-refractivity contribution in [2.75, 3.05) is 6.54 Å². The lowest BCUT2D eigenvalue weighted by Crippen LogP contribution is -2.52. The van der Waals surface area contributed by atoms with E-state index in [9.17, 15) is 19.5 Å². The molecule has 3 atom stereocenters. The number of carbonyl (C=O) groups excluding carboxylic acids is 2. The van der Waals surface area contributed by atoms with E-state index < -0.39 is 30.1 Å². The maximum Gasteiger partial charge on any atom is 0.326 e. The second-order valence-corrected chi connectivity index (χ2v) is 5.15. The van der Waals surface area contributed by atoms with Gasteiger partial charge in [0.1, 0.15) is 12.1 Å². The van der Waals surface area contributed by atoms with Crippen LogP contribution in [-0.4, -0.2) is 57.6 Å². The maximum atomic E-state index is 12.0. The molecule has 7 heteroatoms. The largest absolute Gasteiger partial charge is 0.480 e. The molecule has 0 aliphatic carbocycles. The molecule has 3 N–H and O–H groups in total. The molecule has 0 saturated carbocycles. The van der Waals surface area contributed by atoms with Crippen molar-refractivity contribution in [3.05, 3.63) is 0 Å². The molecular weight excluding hydrogens is 252 g/mol. The minimum absolute atomic E-state index is 0.104. The average Bonchev–Trinajstić information content (AvgIpc) is 2.67. The molecule has 1 fully saturated rings. The highest BCUT2D eigenvalue weighted by Crippen LogP contribution is 2.18. The Morgan fingerprint density at radius 1 is 1.32 bits per heavy atom. The van der Waals surface area contributed by atoms with Crippen molar-refractivity contribution >= 4 is 17.8 Å². The van der Waals surface area contributed by atoms with Gasteiger partial charge in [0, 0.05) is 19.9 Å². The van der Waals surface area contributed by atoms with E-state index in [0.717, 1.165) is 0 Å². The van der Waals surface area contributed by atoms with Gasteiger partial charge in [0.25, 0.3) is 0 Å². The van der Waals surface area contributed by atoms with Crippen molar-refractivity contribution in [3.63, 3.8) is 0 Å². The number of likely N-dealkylation sites (tertiary alicyclic amines) is 1. The molecule has 0 aromatic rings. The smallest absolute Gasteiger partial charge is 0.326 e. The van der Waals surface area contributed by atoms with Crippen molar-refractivity contribution in [3.8, 4) is 0 Å². The van der Waals surface area contributed by atoms with Crippen molar-refractivity contribution in [2.45, 2.75) is 45.4 Å². The Hall–Kier alpha value is -1.63. The molecule has 0 spiro atoms. The van der Waals surface area contributed by atoms with E-state index in [-0.39, 0.29) is 24.8 Å². The summed E-state index contributed by atoms with van der Waals surface area (Å²) in [4.78, 5) is 35.7. The minimum Gasteiger partial charge on any atom is -0.480 e.